The molecule has 0 aliphatic carbocycles. The standard InChI is InChI=1S/C18H19N3O2S/c1-13-10-20(16(22)15-4-2-3-7-19-15)12-18(13)6-8-21(17(18)23)14-5-9-24-11-14/h2-5,7,9,11,13H,6,8,10,12H2,1H3/t13-,18-/m1/s1. The summed E-state index contributed by atoms with van der Waals surface area (Å²) in [5.74, 6) is 0.229. The van der Waals surface area contributed by atoms with Gasteiger partial charge in [-0.15, -0.1) is 0 Å². The number of anilines is 1. The molecule has 2 atom stereocenters. The summed E-state index contributed by atoms with van der Waals surface area (Å²) in [5, 5.41) is 4.00. The summed E-state index contributed by atoms with van der Waals surface area (Å²) in [5.41, 5.74) is 0.970. The van der Waals surface area contributed by atoms with Gasteiger partial charge in [0.1, 0.15) is 5.69 Å². The summed E-state index contributed by atoms with van der Waals surface area (Å²) in [7, 11) is 0. The number of nitrogens with zero attached hydrogens (tertiary/aromatic N) is 3. The predicted molar refractivity (Wildman–Crippen MR) is 93.0 cm³/mol. The van der Waals surface area contributed by atoms with Crippen LogP contribution in [0.15, 0.2) is 41.2 Å². The van der Waals surface area contributed by atoms with Gasteiger partial charge in [-0.3, -0.25) is 14.6 Å². The van der Waals surface area contributed by atoms with Gasteiger partial charge in [0, 0.05) is 31.2 Å². The van der Waals surface area contributed by atoms with Crippen LogP contribution < -0.4 is 4.90 Å². The van der Waals surface area contributed by atoms with Crippen LogP contribution in [0.25, 0.3) is 0 Å². The van der Waals surface area contributed by atoms with Crippen molar-refractivity contribution >= 4 is 28.8 Å². The highest BCUT2D eigenvalue weighted by Gasteiger charge is 2.56. The number of hydrogen-bond donors (Lipinski definition) is 0. The topological polar surface area (TPSA) is 53.5 Å². The lowest BCUT2D eigenvalue weighted by Gasteiger charge is -2.26. The SMILES string of the molecule is C[C@@H]1CN(C(=O)c2ccccn2)C[C@]12CCN(c1ccsc1)C2=O. The van der Waals surface area contributed by atoms with Crippen molar-refractivity contribution in [3.05, 3.63) is 46.9 Å². The van der Waals surface area contributed by atoms with Gasteiger partial charge in [-0.2, -0.15) is 11.3 Å². The van der Waals surface area contributed by atoms with Gasteiger partial charge >= 0.3 is 0 Å². The van der Waals surface area contributed by atoms with E-state index in [1.165, 1.54) is 0 Å². The molecule has 0 aromatic carbocycles. The maximum Gasteiger partial charge on any atom is 0.272 e. The van der Waals surface area contributed by atoms with Gasteiger partial charge in [-0.05, 0) is 35.9 Å². The van der Waals surface area contributed by atoms with E-state index >= 15 is 0 Å². The Labute approximate surface area is 144 Å². The van der Waals surface area contributed by atoms with Gasteiger partial charge in [0.05, 0.1) is 11.1 Å². The lowest BCUT2D eigenvalue weighted by atomic mass is 9.78. The fraction of sp³-hybridized carbons (Fsp3) is 0.389. The lowest BCUT2D eigenvalue weighted by Crippen LogP contribution is -2.40. The van der Waals surface area contributed by atoms with Crippen molar-refractivity contribution < 1.29 is 9.59 Å². The van der Waals surface area contributed by atoms with Gasteiger partial charge in [0.25, 0.3) is 5.91 Å². The molecule has 124 valence electrons. The summed E-state index contributed by atoms with van der Waals surface area (Å²) in [6, 6.07) is 7.32. The molecule has 0 radical (unpaired) electrons. The van der Waals surface area contributed by atoms with E-state index in [0.29, 0.717) is 18.8 Å². The molecule has 2 amide bonds. The Bertz CT molecular complexity index is 762. The molecular formula is C18H19N3O2S. The number of pyridine rings is 1. The van der Waals surface area contributed by atoms with Gasteiger partial charge in [-0.1, -0.05) is 13.0 Å². The number of aromatic nitrogens is 1. The number of rotatable bonds is 2. The molecule has 4 heterocycles. The highest BCUT2D eigenvalue weighted by molar-refractivity contribution is 7.08. The van der Waals surface area contributed by atoms with Crippen LogP contribution in [0, 0.1) is 11.3 Å². The molecule has 24 heavy (non-hydrogen) atoms. The Hall–Kier alpha value is -2.21. The average Bonchev–Trinajstić information content (AvgIpc) is 3.31. The molecule has 2 saturated heterocycles. The van der Waals surface area contributed by atoms with E-state index in [2.05, 4.69) is 11.9 Å². The van der Waals surface area contributed by atoms with Crippen LogP contribution in [0.4, 0.5) is 5.69 Å². The lowest BCUT2D eigenvalue weighted by molar-refractivity contribution is -0.126. The first-order valence-electron chi connectivity index (χ1n) is 8.16. The minimum Gasteiger partial charge on any atom is -0.336 e. The van der Waals surface area contributed by atoms with Crippen molar-refractivity contribution in [3.63, 3.8) is 0 Å². The molecule has 0 saturated carbocycles. The normalized spacial score (nSPS) is 26.5. The van der Waals surface area contributed by atoms with Gasteiger partial charge in [0.15, 0.2) is 0 Å². The summed E-state index contributed by atoms with van der Waals surface area (Å²) in [6.45, 7) is 3.91. The minimum atomic E-state index is -0.452. The number of amides is 2. The average molecular weight is 341 g/mol. The largest absolute Gasteiger partial charge is 0.336 e. The van der Waals surface area contributed by atoms with Crippen molar-refractivity contribution in [2.75, 3.05) is 24.5 Å². The monoisotopic (exact) mass is 341 g/mol. The third-order valence-electron chi connectivity index (χ3n) is 5.35. The van der Waals surface area contributed by atoms with E-state index in [4.69, 9.17) is 0 Å². The number of hydrogen-bond acceptors (Lipinski definition) is 4. The van der Waals surface area contributed by atoms with Gasteiger partial charge < -0.3 is 9.80 Å². The summed E-state index contributed by atoms with van der Waals surface area (Å²) < 4.78 is 0. The molecule has 0 bridgehead atoms. The summed E-state index contributed by atoms with van der Waals surface area (Å²) in [4.78, 5) is 33.6. The molecule has 2 aromatic heterocycles. The Morgan fingerprint density at radius 3 is 2.96 bits per heavy atom. The molecule has 5 nitrogen and oxygen atoms in total. The van der Waals surface area contributed by atoms with Gasteiger partial charge in [-0.25, -0.2) is 0 Å². The smallest absolute Gasteiger partial charge is 0.272 e. The van der Waals surface area contributed by atoms with Crippen molar-refractivity contribution in [2.45, 2.75) is 13.3 Å². The second kappa shape index (κ2) is 5.70. The molecule has 1 spiro atoms. The van der Waals surface area contributed by atoms with Crippen LogP contribution in [0.3, 0.4) is 0 Å². The Morgan fingerprint density at radius 2 is 2.25 bits per heavy atom. The molecular weight excluding hydrogens is 322 g/mol. The Kier molecular flexibility index (Phi) is 3.64. The summed E-state index contributed by atoms with van der Waals surface area (Å²) in [6.07, 6.45) is 2.43. The second-order valence-electron chi connectivity index (χ2n) is 6.65. The van der Waals surface area contributed by atoms with Crippen LogP contribution in [0.1, 0.15) is 23.8 Å². The van der Waals surface area contributed by atoms with E-state index < -0.39 is 5.41 Å². The highest BCUT2D eigenvalue weighted by atomic mass is 32.1. The summed E-state index contributed by atoms with van der Waals surface area (Å²) >= 11 is 1.60. The second-order valence-corrected chi connectivity index (χ2v) is 7.43. The van der Waals surface area contributed by atoms with Crippen LogP contribution in [-0.4, -0.2) is 41.3 Å². The first-order chi connectivity index (χ1) is 11.6. The molecule has 0 unspecified atom stereocenters. The Balaban J connectivity index is 1.57. The third kappa shape index (κ3) is 2.24. The van der Waals surface area contributed by atoms with Crippen LogP contribution >= 0.6 is 11.3 Å². The maximum absolute atomic E-state index is 13.1. The maximum atomic E-state index is 13.1. The van der Waals surface area contributed by atoms with E-state index in [-0.39, 0.29) is 17.7 Å². The van der Waals surface area contributed by atoms with Crippen LogP contribution in [-0.2, 0) is 4.79 Å². The quantitative estimate of drug-likeness (QED) is 0.844. The predicted octanol–water partition coefficient (Wildman–Crippen LogP) is 2.66. The van der Waals surface area contributed by atoms with Crippen LogP contribution in [0.5, 0.6) is 0 Å². The molecule has 2 aliphatic heterocycles. The minimum absolute atomic E-state index is 0.0823. The molecule has 0 N–H and O–H groups in total. The zero-order chi connectivity index (χ0) is 16.7. The number of thiophene rings is 1. The van der Waals surface area contributed by atoms with Crippen LogP contribution in [0.2, 0.25) is 0 Å². The number of carbonyl (C=O) groups excluding carboxylic acids is 2. The molecule has 2 fully saturated rings. The first kappa shape index (κ1) is 15.3. The molecule has 4 rings (SSSR count). The first-order valence-corrected chi connectivity index (χ1v) is 9.10. The van der Waals surface area contributed by atoms with E-state index in [0.717, 1.165) is 18.7 Å². The van der Waals surface area contributed by atoms with Crippen molar-refractivity contribution in [2.24, 2.45) is 11.3 Å². The fourth-order valence-electron chi connectivity index (χ4n) is 3.92. The zero-order valence-corrected chi connectivity index (χ0v) is 14.3. The number of likely N-dealkylation sites (tertiary alicyclic amines) is 1. The fourth-order valence-corrected chi connectivity index (χ4v) is 4.56. The van der Waals surface area contributed by atoms with E-state index in [1.807, 2.05) is 27.8 Å². The number of carbonyl (C=O) groups is 2. The van der Waals surface area contributed by atoms with Crippen molar-refractivity contribution in [1.29, 1.82) is 0 Å². The third-order valence-corrected chi connectivity index (χ3v) is 6.02. The van der Waals surface area contributed by atoms with Crippen molar-refractivity contribution in [1.82, 2.24) is 9.88 Å². The van der Waals surface area contributed by atoms with E-state index in [1.54, 1.807) is 34.6 Å². The van der Waals surface area contributed by atoms with E-state index in [9.17, 15) is 9.59 Å². The highest BCUT2D eigenvalue weighted by Crippen LogP contribution is 2.46. The van der Waals surface area contributed by atoms with Crippen molar-refractivity contribution in [3.8, 4) is 0 Å². The molecule has 2 aliphatic rings. The van der Waals surface area contributed by atoms with Gasteiger partial charge in [0.2, 0.25) is 5.91 Å². The molecule has 2 aromatic rings. The molecule has 6 heteroatoms. The zero-order valence-electron chi connectivity index (χ0n) is 13.5. The Morgan fingerprint density at radius 1 is 1.38 bits per heavy atom.